The minimum atomic E-state index is -3.69. The number of aliphatic hydroxyl groups is 1. The van der Waals surface area contributed by atoms with Crippen LogP contribution in [0.3, 0.4) is 0 Å². The topological polar surface area (TPSA) is 101 Å². The summed E-state index contributed by atoms with van der Waals surface area (Å²) in [4.78, 5) is 12.3. The molecule has 1 fully saturated rings. The Labute approximate surface area is 129 Å². The Morgan fingerprint density at radius 2 is 2.14 bits per heavy atom. The van der Waals surface area contributed by atoms with Gasteiger partial charge in [-0.2, -0.15) is 0 Å². The average Bonchev–Trinajstić information content (AvgIpc) is 2.45. The first-order valence-electron chi connectivity index (χ1n) is 7.12. The summed E-state index contributed by atoms with van der Waals surface area (Å²) in [5.74, 6) is 0.0234. The molecule has 0 amide bonds. The van der Waals surface area contributed by atoms with Crippen LogP contribution in [0.4, 0.5) is 11.4 Å². The molecule has 1 saturated heterocycles. The van der Waals surface area contributed by atoms with Crippen molar-refractivity contribution in [2.45, 2.75) is 30.8 Å². The number of nitro benzene ring substituents is 1. The van der Waals surface area contributed by atoms with Gasteiger partial charge in [-0.15, -0.1) is 0 Å². The van der Waals surface area contributed by atoms with Gasteiger partial charge in [0, 0.05) is 25.3 Å². The number of para-hydroxylation sites is 1. The summed E-state index contributed by atoms with van der Waals surface area (Å²) >= 11 is 0. The number of piperidine rings is 1. The summed E-state index contributed by atoms with van der Waals surface area (Å²) in [5.41, 5.74) is -0.0745. The molecule has 0 spiro atoms. The zero-order valence-corrected chi connectivity index (χ0v) is 13.4. The molecular formula is C14H20N2O5S. The molecule has 2 unspecified atom stereocenters. The smallest absolute Gasteiger partial charge is 0.311 e. The highest BCUT2D eigenvalue weighted by Gasteiger charge is 2.32. The van der Waals surface area contributed by atoms with Crippen molar-refractivity contribution in [3.8, 4) is 0 Å². The van der Waals surface area contributed by atoms with Crippen molar-refractivity contribution in [2.24, 2.45) is 5.92 Å². The molecule has 8 heteroatoms. The van der Waals surface area contributed by atoms with Gasteiger partial charge in [0.05, 0.1) is 11.0 Å². The van der Waals surface area contributed by atoms with E-state index in [2.05, 4.69) is 0 Å². The molecule has 1 aromatic carbocycles. The van der Waals surface area contributed by atoms with Crippen LogP contribution in [0.25, 0.3) is 0 Å². The molecule has 0 radical (unpaired) electrons. The number of hydrogen-bond donors (Lipinski definition) is 1. The van der Waals surface area contributed by atoms with Crippen molar-refractivity contribution in [1.29, 1.82) is 0 Å². The highest BCUT2D eigenvalue weighted by molar-refractivity contribution is 7.90. The van der Waals surface area contributed by atoms with E-state index in [4.69, 9.17) is 0 Å². The predicted molar refractivity (Wildman–Crippen MR) is 82.8 cm³/mol. The van der Waals surface area contributed by atoms with Gasteiger partial charge < -0.3 is 10.0 Å². The molecule has 0 bridgehead atoms. The molecule has 1 N–H and O–H groups in total. The van der Waals surface area contributed by atoms with Gasteiger partial charge in [-0.3, -0.25) is 10.1 Å². The number of hydrogen-bond acceptors (Lipinski definition) is 6. The first-order valence-corrected chi connectivity index (χ1v) is 9.01. The molecule has 0 aliphatic carbocycles. The Kier molecular flexibility index (Phi) is 4.72. The number of benzene rings is 1. The zero-order chi connectivity index (χ0) is 16.5. The van der Waals surface area contributed by atoms with Gasteiger partial charge in [0.1, 0.15) is 10.6 Å². The van der Waals surface area contributed by atoms with Gasteiger partial charge in [0.25, 0.3) is 0 Å². The third-order valence-corrected chi connectivity index (χ3v) is 5.17. The van der Waals surface area contributed by atoms with Crippen LogP contribution in [0.1, 0.15) is 19.8 Å². The highest BCUT2D eigenvalue weighted by Crippen LogP contribution is 2.36. The molecule has 22 heavy (non-hydrogen) atoms. The lowest BCUT2D eigenvalue weighted by molar-refractivity contribution is -0.387. The summed E-state index contributed by atoms with van der Waals surface area (Å²) in [7, 11) is -3.69. The Hall–Kier alpha value is -1.67. The Bertz CT molecular complexity index is 672. The van der Waals surface area contributed by atoms with Gasteiger partial charge in [-0.25, -0.2) is 8.42 Å². The largest absolute Gasteiger partial charge is 0.393 e. The second-order valence-corrected chi connectivity index (χ2v) is 7.73. The van der Waals surface area contributed by atoms with Crippen LogP contribution >= 0.6 is 0 Å². The lowest BCUT2D eigenvalue weighted by Crippen LogP contribution is -2.39. The third-order valence-electron chi connectivity index (χ3n) is 4.04. The number of nitro groups is 1. The van der Waals surface area contributed by atoms with E-state index in [0.29, 0.717) is 18.8 Å². The predicted octanol–water partition coefficient (Wildman–Crippen LogP) is 1.60. The fourth-order valence-electron chi connectivity index (χ4n) is 2.87. The summed E-state index contributed by atoms with van der Waals surface area (Å²) in [5, 5.41) is 21.2. The van der Waals surface area contributed by atoms with Crippen LogP contribution in [-0.2, 0) is 9.84 Å². The maximum atomic E-state index is 11.8. The Morgan fingerprint density at radius 3 is 2.68 bits per heavy atom. The van der Waals surface area contributed by atoms with Gasteiger partial charge >= 0.3 is 5.69 Å². The van der Waals surface area contributed by atoms with Gasteiger partial charge in [-0.05, 0) is 31.9 Å². The fraction of sp³-hybridized carbons (Fsp3) is 0.571. The monoisotopic (exact) mass is 328 g/mol. The Balaban J connectivity index is 2.49. The van der Waals surface area contributed by atoms with E-state index in [1.54, 1.807) is 17.9 Å². The van der Waals surface area contributed by atoms with E-state index in [1.165, 1.54) is 12.1 Å². The maximum absolute atomic E-state index is 11.8. The van der Waals surface area contributed by atoms with E-state index < -0.39 is 20.9 Å². The van der Waals surface area contributed by atoms with Crippen molar-refractivity contribution in [3.05, 3.63) is 28.3 Å². The van der Waals surface area contributed by atoms with Crippen LogP contribution in [0.15, 0.2) is 23.1 Å². The van der Waals surface area contributed by atoms with Gasteiger partial charge in [0.15, 0.2) is 9.84 Å². The van der Waals surface area contributed by atoms with Crippen LogP contribution in [0.5, 0.6) is 0 Å². The van der Waals surface area contributed by atoms with E-state index in [0.717, 1.165) is 19.1 Å². The molecule has 0 saturated carbocycles. The SMILES string of the molecule is CC(O)C1CCCN(c2cccc(S(C)(=O)=O)c2[N+](=O)[O-])C1. The standard InChI is InChI=1S/C14H20N2O5S/c1-10(17)11-5-4-8-15(9-11)12-6-3-7-13(22(2,20)21)14(12)16(18)19/h3,6-7,10-11,17H,4-5,8-9H2,1-2H3. The molecular weight excluding hydrogens is 308 g/mol. The van der Waals surface area contributed by atoms with Crippen molar-refractivity contribution in [3.63, 3.8) is 0 Å². The summed E-state index contributed by atoms with van der Waals surface area (Å²) in [6, 6.07) is 4.34. The van der Waals surface area contributed by atoms with Crippen LogP contribution in [0, 0.1) is 16.0 Å². The number of sulfone groups is 1. The molecule has 1 aliphatic rings. The molecule has 1 heterocycles. The van der Waals surface area contributed by atoms with E-state index in [9.17, 15) is 23.6 Å². The lowest BCUT2D eigenvalue weighted by Gasteiger charge is -2.35. The third kappa shape index (κ3) is 3.38. The lowest BCUT2D eigenvalue weighted by atomic mass is 9.93. The summed E-state index contributed by atoms with van der Waals surface area (Å²) in [6.45, 7) is 2.79. The number of aliphatic hydroxyl groups excluding tert-OH is 1. The van der Waals surface area contributed by atoms with Gasteiger partial charge in [0.2, 0.25) is 0 Å². The molecule has 2 rings (SSSR count). The normalized spacial score (nSPS) is 20.7. The minimum Gasteiger partial charge on any atom is -0.393 e. The van der Waals surface area contributed by atoms with E-state index >= 15 is 0 Å². The molecule has 122 valence electrons. The number of rotatable bonds is 4. The van der Waals surface area contributed by atoms with E-state index in [1.807, 2.05) is 0 Å². The molecule has 0 aromatic heterocycles. The fourth-order valence-corrected chi connectivity index (χ4v) is 3.73. The minimum absolute atomic E-state index is 0.0234. The Morgan fingerprint density at radius 1 is 1.45 bits per heavy atom. The maximum Gasteiger partial charge on any atom is 0.311 e. The molecule has 1 aromatic rings. The van der Waals surface area contributed by atoms with Crippen molar-refractivity contribution in [1.82, 2.24) is 0 Å². The van der Waals surface area contributed by atoms with Crippen LogP contribution in [-0.4, -0.2) is 43.9 Å². The number of nitrogens with zero attached hydrogens (tertiary/aromatic N) is 2. The second kappa shape index (κ2) is 6.21. The summed E-state index contributed by atoms with van der Waals surface area (Å²) in [6.07, 6.45) is 2.12. The quantitative estimate of drug-likeness (QED) is 0.665. The molecule has 7 nitrogen and oxygen atoms in total. The van der Waals surface area contributed by atoms with Crippen molar-refractivity contribution in [2.75, 3.05) is 24.2 Å². The van der Waals surface area contributed by atoms with Crippen LogP contribution in [0.2, 0.25) is 0 Å². The second-order valence-electron chi connectivity index (χ2n) is 5.74. The van der Waals surface area contributed by atoms with Crippen molar-refractivity contribution >= 4 is 21.2 Å². The summed E-state index contributed by atoms with van der Waals surface area (Å²) < 4.78 is 23.6. The first kappa shape index (κ1) is 16.7. The number of anilines is 1. The van der Waals surface area contributed by atoms with E-state index in [-0.39, 0.29) is 16.5 Å². The average molecular weight is 328 g/mol. The molecule has 2 atom stereocenters. The molecule has 1 aliphatic heterocycles. The van der Waals surface area contributed by atoms with Crippen molar-refractivity contribution < 1.29 is 18.4 Å². The highest BCUT2D eigenvalue weighted by atomic mass is 32.2. The van der Waals surface area contributed by atoms with Gasteiger partial charge in [-0.1, -0.05) is 6.07 Å². The first-order chi connectivity index (χ1) is 10.2. The van der Waals surface area contributed by atoms with Crippen LogP contribution < -0.4 is 4.90 Å². The zero-order valence-electron chi connectivity index (χ0n) is 12.6.